The van der Waals surface area contributed by atoms with Crippen LogP contribution >= 0.6 is 34.5 Å². The zero-order chi connectivity index (χ0) is 5.70. The average Bonchev–Trinajstić information content (AvgIpc) is 1.68. The molecule has 0 bridgehead atoms. The molecular weight excluding hydrogens is 316 g/mol. The zero-order valence-electron chi connectivity index (χ0n) is 4.45. The van der Waals surface area contributed by atoms with Crippen molar-refractivity contribution in [1.29, 1.82) is 0 Å². The van der Waals surface area contributed by atoms with Crippen molar-refractivity contribution in [2.45, 2.75) is 6.92 Å². The van der Waals surface area contributed by atoms with E-state index in [0.29, 0.717) is 0 Å². The normalized spacial score (nSPS) is 11.6. The summed E-state index contributed by atoms with van der Waals surface area (Å²) in [7, 11) is 0. The first kappa shape index (κ1) is 8.42. The molecule has 0 saturated carbocycles. The second kappa shape index (κ2) is 5.55. The quantitative estimate of drug-likeness (QED) is 0.621. The van der Waals surface area contributed by atoms with Gasteiger partial charge < -0.3 is 0 Å². The van der Waals surface area contributed by atoms with Crippen LogP contribution in [0.15, 0.2) is 0 Å². The van der Waals surface area contributed by atoms with Gasteiger partial charge in [-0.15, -0.1) is 0 Å². The summed E-state index contributed by atoms with van der Waals surface area (Å²) < 4.78 is 2.72. The van der Waals surface area contributed by atoms with Crippen LogP contribution in [0.25, 0.3) is 0 Å². The molecule has 0 unspecified atom stereocenters. The van der Waals surface area contributed by atoms with E-state index in [2.05, 4.69) is 25.5 Å². The Morgan fingerprint density at radius 2 is 2.29 bits per heavy atom. The molecule has 0 aromatic rings. The van der Waals surface area contributed by atoms with Gasteiger partial charge in [0.1, 0.15) is 0 Å². The molecule has 46 valence electrons. The van der Waals surface area contributed by atoms with Gasteiger partial charge in [0.15, 0.2) is 0 Å². The summed E-state index contributed by atoms with van der Waals surface area (Å²) >= 11 is 2.10. The van der Waals surface area contributed by atoms with Crippen LogP contribution in [0, 0.1) is 0 Å². The Hall–Kier alpha value is 1.42. The minimum atomic E-state index is -0.481. The van der Waals surface area contributed by atoms with Crippen LogP contribution in [-0.4, -0.2) is 15.4 Å². The molecule has 0 atom stereocenters. The van der Waals surface area contributed by atoms with E-state index in [1.54, 1.807) is 0 Å². The van der Waals surface area contributed by atoms with Gasteiger partial charge in [0, 0.05) is 0 Å². The number of hydrogen-bond donors (Lipinski definition) is 1. The molecule has 0 aliphatic heterocycles. The van der Waals surface area contributed by atoms with E-state index in [1.165, 1.54) is 8.86 Å². The Morgan fingerprint density at radius 1 is 1.71 bits per heavy atom. The summed E-state index contributed by atoms with van der Waals surface area (Å²) in [6.45, 7) is 3.16. The molecule has 0 rings (SSSR count). The van der Waals surface area contributed by atoms with E-state index in [-0.39, 0.29) is 0 Å². The number of hydrogen-bond acceptors (Lipinski definition) is 1. The van der Waals surface area contributed by atoms with Crippen molar-refractivity contribution in [1.82, 2.24) is 0 Å². The summed E-state index contributed by atoms with van der Waals surface area (Å²) in [5.74, 6) is 0. The van der Waals surface area contributed by atoms with Crippen molar-refractivity contribution in [2.75, 3.05) is 15.4 Å². The molecule has 2 N–H and O–H groups in total. The van der Waals surface area contributed by atoms with E-state index in [4.69, 9.17) is 5.73 Å². The molecule has 0 spiro atoms. The topological polar surface area (TPSA) is 26.0 Å². The van der Waals surface area contributed by atoms with Gasteiger partial charge in [-0.3, -0.25) is 0 Å². The Labute approximate surface area is 62.0 Å². The van der Waals surface area contributed by atoms with Gasteiger partial charge in [-0.2, -0.15) is 0 Å². The van der Waals surface area contributed by atoms with Gasteiger partial charge in [-0.05, 0) is 0 Å². The molecule has 0 fully saturated rings. The maximum absolute atomic E-state index is 5.34. The van der Waals surface area contributed by atoms with Crippen LogP contribution in [0.5, 0.6) is 0 Å². The summed E-state index contributed by atoms with van der Waals surface area (Å²) in [5.41, 5.74) is 5.34. The molecule has 0 aromatic heterocycles. The molecule has 0 heterocycles. The van der Waals surface area contributed by atoms with E-state index in [9.17, 15) is 0 Å². The molecule has 7 heavy (non-hydrogen) atoms. The number of alkyl halides is 2. The fourth-order valence-electron chi connectivity index (χ4n) is 0.252. The van der Waals surface area contributed by atoms with Crippen molar-refractivity contribution >= 4 is 34.5 Å². The van der Waals surface area contributed by atoms with Crippen LogP contribution in [0.2, 0.25) is 0 Å². The molecular formula is C4H11I2N. The number of halogens is 2. The zero-order valence-corrected chi connectivity index (χ0v) is 8.77. The van der Waals surface area contributed by atoms with Crippen LogP contribution in [0.1, 0.15) is 6.92 Å². The standard InChI is InChI=1S/C4H11I2N/c1-2-6(5)3-4-7/h2-4,7H2,1H3. The first-order valence-corrected chi connectivity index (χ1v) is 11.6. The summed E-state index contributed by atoms with van der Waals surface area (Å²) in [4.78, 5) is 0. The third-order valence-corrected chi connectivity index (χ3v) is 10.7. The number of rotatable bonds is 3. The van der Waals surface area contributed by atoms with Gasteiger partial charge in [-0.1, -0.05) is 0 Å². The fourth-order valence-corrected chi connectivity index (χ4v) is 3.27. The predicted molar refractivity (Wildman–Crippen MR) is 52.5 cm³/mol. The number of nitrogens with two attached hydrogens (primary N) is 1. The van der Waals surface area contributed by atoms with Crippen molar-refractivity contribution in [3.63, 3.8) is 0 Å². The molecule has 0 aromatic carbocycles. The van der Waals surface area contributed by atoms with E-state index in [0.717, 1.165) is 6.54 Å². The Kier molecular flexibility index (Phi) is 6.68. The monoisotopic (exact) mass is 327 g/mol. The van der Waals surface area contributed by atoms with E-state index in [1.807, 2.05) is 0 Å². The SMILES string of the molecule is CCI(I)CCN. The molecule has 0 saturated heterocycles. The molecule has 0 radical (unpaired) electrons. The first-order chi connectivity index (χ1) is 3.31. The molecule has 0 amide bonds. The second-order valence-corrected chi connectivity index (χ2v) is 13.7. The molecule has 1 nitrogen and oxygen atoms in total. The third-order valence-electron chi connectivity index (χ3n) is 0.604. The molecule has 0 aliphatic carbocycles. The van der Waals surface area contributed by atoms with E-state index < -0.39 is 15.8 Å². The summed E-state index contributed by atoms with van der Waals surface area (Å²) in [5, 5.41) is 0. The van der Waals surface area contributed by atoms with Crippen LogP contribution < -0.4 is 5.73 Å². The van der Waals surface area contributed by atoms with Gasteiger partial charge in [0.25, 0.3) is 0 Å². The van der Waals surface area contributed by atoms with Crippen molar-refractivity contribution in [2.24, 2.45) is 5.73 Å². The predicted octanol–water partition coefficient (Wildman–Crippen LogP) is 1.82. The van der Waals surface area contributed by atoms with Crippen LogP contribution in [0.3, 0.4) is 0 Å². The average molecular weight is 327 g/mol. The van der Waals surface area contributed by atoms with Crippen LogP contribution in [0.4, 0.5) is 0 Å². The van der Waals surface area contributed by atoms with Gasteiger partial charge in [-0.25, -0.2) is 0 Å². The summed E-state index contributed by atoms with van der Waals surface area (Å²) in [6, 6.07) is 0. The van der Waals surface area contributed by atoms with Crippen LogP contribution in [-0.2, 0) is 0 Å². The van der Waals surface area contributed by atoms with Crippen molar-refractivity contribution in [3.05, 3.63) is 0 Å². The van der Waals surface area contributed by atoms with Crippen molar-refractivity contribution in [3.8, 4) is 0 Å². The van der Waals surface area contributed by atoms with E-state index >= 15 is 0 Å². The maximum atomic E-state index is 5.34. The minimum absolute atomic E-state index is 0.481. The fraction of sp³-hybridized carbons (Fsp3) is 1.00. The van der Waals surface area contributed by atoms with Gasteiger partial charge >= 0.3 is 62.5 Å². The summed E-state index contributed by atoms with van der Waals surface area (Å²) in [6.07, 6.45) is 0. The second-order valence-electron chi connectivity index (χ2n) is 1.14. The Balaban J connectivity index is 2.83. The molecule has 3 heteroatoms. The Morgan fingerprint density at radius 3 is 2.43 bits per heavy atom. The van der Waals surface area contributed by atoms with Crippen molar-refractivity contribution < 1.29 is 0 Å². The van der Waals surface area contributed by atoms with Gasteiger partial charge in [0.2, 0.25) is 0 Å². The van der Waals surface area contributed by atoms with Gasteiger partial charge in [0.05, 0.1) is 0 Å². The third kappa shape index (κ3) is 5.29. The Bertz CT molecular complexity index is 40.7. The molecule has 0 aliphatic rings. The first-order valence-electron chi connectivity index (χ1n) is 2.29.